The first-order valence-electron chi connectivity index (χ1n) is 19.5. The molecule has 2 aromatic heterocycles. The Bertz CT molecular complexity index is 3160. The number of aromatic nitrogens is 2. The van der Waals surface area contributed by atoms with Crippen molar-refractivity contribution in [1.82, 2.24) is 9.97 Å². The molecule has 0 saturated carbocycles. The molecule has 8 aromatic carbocycles. The number of aliphatic imine (C=N–C) groups is 2. The molecule has 0 radical (unpaired) electrons. The van der Waals surface area contributed by atoms with E-state index in [1.165, 1.54) is 76.5 Å². The van der Waals surface area contributed by atoms with Crippen LogP contribution in [0, 0.1) is 0 Å². The van der Waals surface area contributed by atoms with Crippen LogP contribution < -0.4 is 10.6 Å². The smallest absolute Gasteiger partial charge is 0.154 e. The second-order valence-electron chi connectivity index (χ2n) is 14.7. The Morgan fingerprint density at radius 1 is 0.293 bits per heavy atom. The number of hydrogen-bond donors (Lipinski definition) is 2. The van der Waals surface area contributed by atoms with Crippen molar-refractivity contribution in [1.29, 1.82) is 0 Å². The number of rotatable bonds is 5. The van der Waals surface area contributed by atoms with E-state index in [1.54, 1.807) is 12.4 Å². The number of fused-ring (bicyclic) bond motifs is 2. The second-order valence-corrected chi connectivity index (χ2v) is 14.7. The molecule has 0 fully saturated rings. The van der Waals surface area contributed by atoms with Gasteiger partial charge in [0.05, 0.1) is 0 Å². The van der Waals surface area contributed by atoms with Crippen LogP contribution in [0.1, 0.15) is 11.1 Å². The Morgan fingerprint density at radius 2 is 0.638 bits per heavy atom. The van der Waals surface area contributed by atoms with Crippen LogP contribution in [0.15, 0.2) is 192 Å². The number of nitrogens with one attached hydrogen (secondary N) is 2. The van der Waals surface area contributed by atoms with E-state index >= 15 is 0 Å². The molecule has 0 atom stereocenters. The van der Waals surface area contributed by atoms with Gasteiger partial charge in [0.15, 0.2) is 11.6 Å². The molecular formula is C52H32N6. The molecule has 0 bridgehead atoms. The Hall–Kier alpha value is -7.96. The maximum Gasteiger partial charge on any atom is 0.154 e. The average Bonchev–Trinajstić information content (AvgIpc) is 3.83. The topological polar surface area (TPSA) is 74.6 Å². The molecule has 58 heavy (non-hydrogen) atoms. The fourth-order valence-corrected chi connectivity index (χ4v) is 9.06. The number of anilines is 2. The number of hydrogen-bond acceptors (Lipinski definition) is 4. The van der Waals surface area contributed by atoms with E-state index in [-0.39, 0.29) is 0 Å². The van der Waals surface area contributed by atoms with Gasteiger partial charge in [-0.1, -0.05) is 133 Å². The minimum Gasteiger partial charge on any atom is -0.339 e. The molecule has 0 amide bonds. The van der Waals surface area contributed by atoms with E-state index in [0.29, 0.717) is 11.6 Å². The van der Waals surface area contributed by atoms with Gasteiger partial charge in [-0.3, -0.25) is 0 Å². The van der Waals surface area contributed by atoms with Gasteiger partial charge in [-0.05, 0) is 102 Å². The fourth-order valence-electron chi connectivity index (χ4n) is 9.06. The summed E-state index contributed by atoms with van der Waals surface area (Å²) in [6.45, 7) is 0. The molecule has 0 spiro atoms. The third-order valence-corrected chi connectivity index (χ3v) is 11.6. The van der Waals surface area contributed by atoms with Gasteiger partial charge in [0.2, 0.25) is 0 Å². The summed E-state index contributed by atoms with van der Waals surface area (Å²) in [4.78, 5) is 18.6. The van der Waals surface area contributed by atoms with Crippen molar-refractivity contribution in [2.24, 2.45) is 9.98 Å². The molecule has 12 rings (SSSR count). The summed E-state index contributed by atoms with van der Waals surface area (Å²) in [7, 11) is 0. The SMILES string of the molecule is c1ccc(/N=C2\Nc3ccc(-c4ccc(-c5ccc(-c6ccc7c8c(cccc68)/C(=N/c6ccccn6)N7)c6ccccc56)c5ccccc45)c4cccc2c34)nc1. The summed E-state index contributed by atoms with van der Waals surface area (Å²) >= 11 is 0. The second kappa shape index (κ2) is 12.8. The van der Waals surface area contributed by atoms with Gasteiger partial charge in [0.1, 0.15) is 11.7 Å². The van der Waals surface area contributed by atoms with Crippen LogP contribution in [-0.4, -0.2) is 21.6 Å². The molecule has 2 aliphatic heterocycles. The first kappa shape index (κ1) is 32.3. The van der Waals surface area contributed by atoms with Crippen molar-refractivity contribution in [3.05, 3.63) is 193 Å². The van der Waals surface area contributed by atoms with Crippen LogP contribution in [0.5, 0.6) is 0 Å². The van der Waals surface area contributed by atoms with Gasteiger partial charge in [-0.15, -0.1) is 0 Å². The third kappa shape index (κ3) is 4.98. The quantitative estimate of drug-likeness (QED) is 0.184. The van der Waals surface area contributed by atoms with Crippen molar-refractivity contribution < 1.29 is 0 Å². The zero-order chi connectivity index (χ0) is 38.2. The van der Waals surface area contributed by atoms with Crippen LogP contribution in [0.4, 0.5) is 23.0 Å². The van der Waals surface area contributed by atoms with Gasteiger partial charge < -0.3 is 10.6 Å². The zero-order valence-electron chi connectivity index (χ0n) is 31.1. The molecule has 4 heterocycles. The van der Waals surface area contributed by atoms with Crippen LogP contribution in [-0.2, 0) is 0 Å². The van der Waals surface area contributed by atoms with Crippen molar-refractivity contribution in [3.8, 4) is 33.4 Å². The molecule has 0 aliphatic carbocycles. The monoisotopic (exact) mass is 740 g/mol. The highest BCUT2D eigenvalue weighted by molar-refractivity contribution is 6.30. The summed E-state index contributed by atoms with van der Waals surface area (Å²) in [5.41, 5.74) is 11.5. The first-order valence-corrected chi connectivity index (χ1v) is 19.5. The van der Waals surface area contributed by atoms with Crippen LogP contribution in [0.3, 0.4) is 0 Å². The van der Waals surface area contributed by atoms with Gasteiger partial charge in [-0.2, -0.15) is 0 Å². The minimum absolute atomic E-state index is 0.681. The van der Waals surface area contributed by atoms with Crippen LogP contribution >= 0.6 is 0 Å². The van der Waals surface area contributed by atoms with Gasteiger partial charge in [0, 0.05) is 45.7 Å². The lowest BCUT2D eigenvalue weighted by molar-refractivity contribution is 1.27. The third-order valence-electron chi connectivity index (χ3n) is 11.6. The van der Waals surface area contributed by atoms with Crippen molar-refractivity contribution in [2.75, 3.05) is 10.6 Å². The molecule has 6 heteroatoms. The lowest BCUT2D eigenvalue weighted by Gasteiger charge is -2.17. The average molecular weight is 741 g/mol. The van der Waals surface area contributed by atoms with E-state index in [9.17, 15) is 0 Å². The maximum absolute atomic E-state index is 4.87. The Kier molecular flexibility index (Phi) is 7.13. The molecule has 2 aliphatic rings. The van der Waals surface area contributed by atoms with E-state index < -0.39 is 0 Å². The minimum atomic E-state index is 0.681. The van der Waals surface area contributed by atoms with Crippen LogP contribution in [0.25, 0.3) is 76.5 Å². The molecule has 6 nitrogen and oxygen atoms in total. The number of benzene rings is 8. The Labute approximate surface area is 333 Å². The summed E-state index contributed by atoms with van der Waals surface area (Å²) in [6.07, 6.45) is 3.55. The van der Waals surface area contributed by atoms with E-state index in [4.69, 9.17) is 9.98 Å². The normalized spacial score (nSPS) is 14.2. The predicted molar refractivity (Wildman–Crippen MR) is 241 cm³/mol. The summed E-state index contributed by atoms with van der Waals surface area (Å²) < 4.78 is 0. The summed E-state index contributed by atoms with van der Waals surface area (Å²) in [5.74, 6) is 3.00. The number of pyridine rings is 2. The Balaban J connectivity index is 0.987. The lowest BCUT2D eigenvalue weighted by Crippen LogP contribution is -2.06. The standard InChI is InChI=1S/C52H32N6/c1-3-13-33-31(11-1)35(21-23-37(33)39-25-27-45-49-41(39)15-9-17-43(49)51(55-45)57-47-19-5-7-29-53-47)36-22-24-38(34-14-4-2-12-32(34)36)40-26-28-46-50-42(40)16-10-18-44(50)52(56-46)58-48-20-6-8-30-54-48/h1-30H,(H,53,55,57)(H,54,56,58). The summed E-state index contributed by atoms with van der Waals surface area (Å²) in [5, 5.41) is 16.7. The first-order chi connectivity index (χ1) is 28.8. The molecule has 10 aromatic rings. The highest BCUT2D eigenvalue weighted by Gasteiger charge is 2.25. The lowest BCUT2D eigenvalue weighted by atomic mass is 9.86. The molecule has 2 N–H and O–H groups in total. The van der Waals surface area contributed by atoms with Crippen LogP contribution in [0.2, 0.25) is 0 Å². The number of nitrogens with zero attached hydrogens (tertiary/aromatic N) is 4. The highest BCUT2D eigenvalue weighted by atomic mass is 15.1. The van der Waals surface area contributed by atoms with E-state index in [0.717, 1.165) is 34.2 Å². The van der Waals surface area contributed by atoms with Crippen molar-refractivity contribution in [2.45, 2.75) is 0 Å². The van der Waals surface area contributed by atoms with Gasteiger partial charge in [0.25, 0.3) is 0 Å². The predicted octanol–water partition coefficient (Wildman–Crippen LogP) is 13.1. The van der Waals surface area contributed by atoms with Gasteiger partial charge >= 0.3 is 0 Å². The van der Waals surface area contributed by atoms with Crippen molar-refractivity contribution >= 4 is 77.8 Å². The summed E-state index contributed by atoms with van der Waals surface area (Å²) in [6, 6.07) is 60.3. The molecule has 270 valence electrons. The Morgan fingerprint density at radius 3 is 1.02 bits per heavy atom. The molecular weight excluding hydrogens is 709 g/mol. The van der Waals surface area contributed by atoms with E-state index in [2.05, 4.69) is 154 Å². The largest absolute Gasteiger partial charge is 0.339 e. The van der Waals surface area contributed by atoms with E-state index in [1.807, 2.05) is 36.4 Å². The maximum atomic E-state index is 4.87. The molecule has 0 unspecified atom stereocenters. The van der Waals surface area contributed by atoms with Gasteiger partial charge in [-0.25, -0.2) is 20.0 Å². The zero-order valence-corrected chi connectivity index (χ0v) is 31.1. The highest BCUT2D eigenvalue weighted by Crippen LogP contribution is 2.46. The van der Waals surface area contributed by atoms with Crippen molar-refractivity contribution in [3.63, 3.8) is 0 Å². The fraction of sp³-hybridized carbons (Fsp3) is 0. The number of amidine groups is 2. The molecule has 0 saturated heterocycles.